The van der Waals surface area contributed by atoms with Crippen molar-refractivity contribution in [2.24, 2.45) is 5.92 Å². The first-order chi connectivity index (χ1) is 26.8. The molecule has 0 aliphatic carbocycles. The third-order valence-electron chi connectivity index (χ3n) is 10.8. The molecule has 4 aromatic carbocycles. The molecule has 0 saturated carbocycles. The molecule has 0 radical (unpaired) electrons. The topological polar surface area (TPSA) is 119 Å². The first-order valence-electron chi connectivity index (χ1n) is 19.4. The van der Waals surface area contributed by atoms with E-state index in [4.69, 9.17) is 18.9 Å². The van der Waals surface area contributed by atoms with Crippen molar-refractivity contribution in [3.63, 3.8) is 0 Å². The lowest BCUT2D eigenvalue weighted by Gasteiger charge is -2.43. The highest BCUT2D eigenvalue weighted by atomic mass is 16.7. The Hall–Kier alpha value is -4.74. The summed E-state index contributed by atoms with van der Waals surface area (Å²) >= 11 is 0. The summed E-state index contributed by atoms with van der Waals surface area (Å²) in [6, 6.07) is 28.7. The van der Waals surface area contributed by atoms with Gasteiger partial charge in [0.2, 0.25) is 11.8 Å². The normalized spacial score (nSPS) is 19.7. The zero-order valence-electron chi connectivity index (χ0n) is 32.5. The summed E-state index contributed by atoms with van der Waals surface area (Å²) in [6.45, 7) is 7.23. The second kappa shape index (κ2) is 19.2. The average molecular weight is 750 g/mol. The maximum absolute atomic E-state index is 12.6. The number of ether oxygens (including phenoxy) is 4. The predicted octanol–water partition coefficient (Wildman–Crippen LogP) is 7.03. The van der Waals surface area contributed by atoms with Crippen molar-refractivity contribution < 1.29 is 33.6 Å². The summed E-state index contributed by atoms with van der Waals surface area (Å²) in [6.07, 6.45) is 3.01. The fourth-order valence-corrected chi connectivity index (χ4v) is 7.59. The zero-order valence-corrected chi connectivity index (χ0v) is 32.5. The van der Waals surface area contributed by atoms with Gasteiger partial charge in [0.25, 0.3) is 0 Å². The molecule has 3 N–H and O–H groups in total. The Kier molecular flexibility index (Phi) is 14.0. The fraction of sp³-hybridized carbons (Fsp3) is 0.422. The monoisotopic (exact) mass is 749 g/mol. The standard InChI is InChI=1S/C45H55N3O7/c1-30-42(28-48-23-21-36-24-40(52-3)41(53-4)25-38(36)27-48)54-45(55-44(30)34-15-13-32(29-49)14-16-34)35-19-17-33(18-20-35)39-11-8-7-10-37(39)26-47-43(51)12-6-5-9-22-46-31(2)50/h7-8,10-11,13-20,24-25,30,42,44-45,49H,5-6,9,12,21-23,26-29H2,1-4H3,(H,46,50)(H,47,51)/t30-,42+,44+,45+/m0/s1. The molecular weight excluding hydrogens is 695 g/mol. The van der Waals surface area contributed by atoms with Crippen LogP contribution in [0.2, 0.25) is 0 Å². The third-order valence-corrected chi connectivity index (χ3v) is 10.8. The highest BCUT2D eigenvalue weighted by Crippen LogP contribution is 2.43. The maximum atomic E-state index is 12.6. The van der Waals surface area contributed by atoms with Gasteiger partial charge in [-0.15, -0.1) is 0 Å². The number of aliphatic hydroxyl groups excluding tert-OH is 1. The summed E-state index contributed by atoms with van der Waals surface area (Å²) in [5.41, 5.74) is 8.52. The number of rotatable bonds is 16. The molecule has 10 nitrogen and oxygen atoms in total. The van der Waals surface area contributed by atoms with E-state index in [1.165, 1.54) is 18.1 Å². The Bertz CT molecular complexity index is 1880. The summed E-state index contributed by atoms with van der Waals surface area (Å²) < 4.78 is 24.8. The van der Waals surface area contributed by atoms with Gasteiger partial charge in [0.05, 0.1) is 33.0 Å². The van der Waals surface area contributed by atoms with E-state index in [1.54, 1.807) is 14.2 Å². The van der Waals surface area contributed by atoms with Crippen LogP contribution in [0, 0.1) is 5.92 Å². The van der Waals surface area contributed by atoms with Crippen LogP contribution in [0.1, 0.15) is 85.3 Å². The summed E-state index contributed by atoms with van der Waals surface area (Å²) in [4.78, 5) is 26.1. The van der Waals surface area contributed by atoms with E-state index in [0.29, 0.717) is 19.5 Å². The molecule has 2 heterocycles. The SMILES string of the molecule is COc1cc2c(cc1OC)CN(C[C@H]1O[C@@H](c3ccc(-c4ccccc4CNC(=O)CCCCCNC(C)=O)cc3)O[C@@H](c3ccc(CO)cc3)[C@H]1C)CC2. The molecule has 2 aliphatic heterocycles. The molecule has 1 fully saturated rings. The molecule has 6 rings (SSSR count). The summed E-state index contributed by atoms with van der Waals surface area (Å²) in [5, 5.41) is 15.6. The van der Waals surface area contributed by atoms with Gasteiger partial charge in [0.1, 0.15) is 0 Å². The number of nitrogens with zero attached hydrogens (tertiary/aromatic N) is 1. The molecule has 4 aromatic rings. The quantitative estimate of drug-likeness (QED) is 0.105. The average Bonchev–Trinajstić information content (AvgIpc) is 3.21. The number of unbranched alkanes of at least 4 members (excludes halogenated alkanes) is 2. The van der Waals surface area contributed by atoms with E-state index in [1.807, 2.05) is 24.3 Å². The minimum absolute atomic E-state index is 0.00716. The Morgan fingerprint density at radius 3 is 2.27 bits per heavy atom. The molecule has 0 aromatic heterocycles. The van der Waals surface area contributed by atoms with Gasteiger partial charge in [-0.3, -0.25) is 14.5 Å². The lowest BCUT2D eigenvalue weighted by atomic mass is 9.89. The van der Waals surface area contributed by atoms with Crippen LogP contribution >= 0.6 is 0 Å². The summed E-state index contributed by atoms with van der Waals surface area (Å²) in [5.74, 6) is 1.56. The van der Waals surface area contributed by atoms with Crippen molar-refractivity contribution in [2.45, 2.75) is 84.1 Å². The van der Waals surface area contributed by atoms with Gasteiger partial charge in [0.15, 0.2) is 17.8 Å². The molecule has 0 unspecified atom stereocenters. The Labute approximate surface area is 325 Å². The van der Waals surface area contributed by atoms with Crippen LogP contribution in [0.15, 0.2) is 84.9 Å². The van der Waals surface area contributed by atoms with Crippen molar-refractivity contribution in [3.8, 4) is 22.6 Å². The van der Waals surface area contributed by atoms with E-state index in [9.17, 15) is 14.7 Å². The molecule has 1 saturated heterocycles. The number of carbonyl (C=O) groups is 2. The van der Waals surface area contributed by atoms with Crippen molar-refractivity contribution in [3.05, 3.63) is 118 Å². The van der Waals surface area contributed by atoms with Gasteiger partial charge in [-0.2, -0.15) is 0 Å². The number of amides is 2. The van der Waals surface area contributed by atoms with Crippen LogP contribution in [0.25, 0.3) is 11.1 Å². The number of hydrogen-bond acceptors (Lipinski definition) is 8. The molecule has 0 spiro atoms. The van der Waals surface area contributed by atoms with Gasteiger partial charge in [-0.05, 0) is 70.3 Å². The maximum Gasteiger partial charge on any atom is 0.220 e. The van der Waals surface area contributed by atoms with Crippen LogP contribution < -0.4 is 20.1 Å². The number of carbonyl (C=O) groups excluding carboxylic acids is 2. The van der Waals surface area contributed by atoms with Crippen molar-refractivity contribution in [2.75, 3.05) is 33.9 Å². The molecule has 292 valence electrons. The fourth-order valence-electron chi connectivity index (χ4n) is 7.59. The minimum Gasteiger partial charge on any atom is -0.493 e. The van der Waals surface area contributed by atoms with E-state index < -0.39 is 6.29 Å². The molecule has 55 heavy (non-hydrogen) atoms. The number of nitrogens with one attached hydrogen (secondary N) is 2. The first kappa shape index (κ1) is 39.9. The van der Waals surface area contributed by atoms with Gasteiger partial charge in [-0.1, -0.05) is 86.1 Å². The second-order valence-electron chi connectivity index (χ2n) is 14.6. The minimum atomic E-state index is -0.577. The van der Waals surface area contributed by atoms with Gasteiger partial charge >= 0.3 is 0 Å². The number of fused-ring (bicyclic) bond motifs is 1. The number of methoxy groups -OCH3 is 2. The highest BCUT2D eigenvalue weighted by molar-refractivity contribution is 5.76. The van der Waals surface area contributed by atoms with Crippen LogP contribution in [0.4, 0.5) is 0 Å². The molecule has 2 amide bonds. The lowest BCUT2D eigenvalue weighted by molar-refractivity contribution is -0.276. The number of aliphatic hydroxyl groups is 1. The van der Waals surface area contributed by atoms with Gasteiger partial charge in [0, 0.05) is 57.5 Å². The molecule has 4 atom stereocenters. The number of hydrogen-bond donors (Lipinski definition) is 3. The van der Waals surface area contributed by atoms with Crippen molar-refractivity contribution >= 4 is 11.8 Å². The largest absolute Gasteiger partial charge is 0.493 e. The Balaban J connectivity index is 1.15. The van der Waals surface area contributed by atoms with Crippen LogP contribution in [-0.2, 0) is 45.2 Å². The molecule has 10 heteroatoms. The number of benzene rings is 4. The van der Waals surface area contributed by atoms with Crippen LogP contribution in [0.3, 0.4) is 0 Å². The summed E-state index contributed by atoms with van der Waals surface area (Å²) in [7, 11) is 3.34. The predicted molar refractivity (Wildman–Crippen MR) is 212 cm³/mol. The van der Waals surface area contributed by atoms with Gasteiger partial charge in [-0.25, -0.2) is 0 Å². The second-order valence-corrected chi connectivity index (χ2v) is 14.6. The van der Waals surface area contributed by atoms with E-state index in [-0.39, 0.29) is 36.5 Å². The first-order valence-corrected chi connectivity index (χ1v) is 19.4. The van der Waals surface area contributed by atoms with Crippen molar-refractivity contribution in [1.29, 1.82) is 0 Å². The third kappa shape index (κ3) is 10.3. The lowest BCUT2D eigenvalue weighted by Crippen LogP contribution is -2.45. The van der Waals surface area contributed by atoms with E-state index >= 15 is 0 Å². The van der Waals surface area contributed by atoms with Gasteiger partial charge < -0.3 is 34.7 Å². The highest BCUT2D eigenvalue weighted by Gasteiger charge is 2.39. The molecule has 2 aliphatic rings. The zero-order chi connectivity index (χ0) is 38.7. The molecule has 0 bridgehead atoms. The van der Waals surface area contributed by atoms with Crippen LogP contribution in [0.5, 0.6) is 11.5 Å². The smallest absolute Gasteiger partial charge is 0.220 e. The van der Waals surface area contributed by atoms with E-state index in [2.05, 4.69) is 83.1 Å². The van der Waals surface area contributed by atoms with Crippen molar-refractivity contribution in [1.82, 2.24) is 15.5 Å². The Morgan fingerprint density at radius 2 is 1.56 bits per heavy atom. The molecular formula is C45H55N3O7. The van der Waals surface area contributed by atoms with E-state index in [0.717, 1.165) is 90.2 Å². The van der Waals surface area contributed by atoms with Crippen LogP contribution in [-0.4, -0.2) is 61.8 Å². The Morgan fingerprint density at radius 1 is 0.855 bits per heavy atom.